The molecule has 0 aliphatic heterocycles. The van der Waals surface area contributed by atoms with Gasteiger partial charge in [0.2, 0.25) is 9.84 Å². The molecule has 1 aromatic carbocycles. The van der Waals surface area contributed by atoms with Crippen LogP contribution in [0.25, 0.3) is 0 Å². The van der Waals surface area contributed by atoms with Gasteiger partial charge in [0.15, 0.2) is 0 Å². The van der Waals surface area contributed by atoms with E-state index in [9.17, 15) is 13.5 Å². The number of aliphatic hydroxyl groups excluding tert-OH is 1. The second-order valence-corrected chi connectivity index (χ2v) is 5.19. The zero-order valence-corrected chi connectivity index (χ0v) is 10.2. The zero-order chi connectivity index (χ0) is 12.9. The van der Waals surface area contributed by atoms with E-state index < -0.39 is 16.1 Å². The lowest BCUT2D eigenvalue weighted by atomic mass is 10.4. The van der Waals surface area contributed by atoms with Gasteiger partial charge in [-0.2, -0.15) is 0 Å². The molecule has 94 valence electrons. The Morgan fingerprint density at radius 1 is 1.47 bits per heavy atom. The van der Waals surface area contributed by atoms with Gasteiger partial charge in [0, 0.05) is 0 Å². The maximum atomic E-state index is 12.1. The van der Waals surface area contributed by atoms with Crippen molar-refractivity contribution in [2.75, 3.05) is 6.61 Å². The zero-order valence-electron chi connectivity index (χ0n) is 9.41. The van der Waals surface area contributed by atoms with Crippen LogP contribution in [0.15, 0.2) is 46.4 Å². The van der Waals surface area contributed by atoms with E-state index in [1.54, 1.807) is 25.1 Å². The summed E-state index contributed by atoms with van der Waals surface area (Å²) in [5.41, 5.74) is 5.23. The number of nitrogens with two attached hydrogens (primary N) is 1. The molecule has 1 aromatic rings. The van der Waals surface area contributed by atoms with Crippen molar-refractivity contribution in [1.82, 2.24) is 0 Å². The smallest absolute Gasteiger partial charge is 0.209 e. The minimum Gasteiger partial charge on any atom is -0.500 e. The molecule has 3 N–H and O–H groups in total. The molecule has 0 heterocycles. The minimum atomic E-state index is -3.81. The fourth-order valence-electron chi connectivity index (χ4n) is 1.19. The van der Waals surface area contributed by atoms with Crippen molar-refractivity contribution >= 4 is 9.84 Å². The van der Waals surface area contributed by atoms with Crippen molar-refractivity contribution in [2.45, 2.75) is 18.0 Å². The molecule has 0 aliphatic carbocycles. The van der Waals surface area contributed by atoms with E-state index in [0.29, 0.717) is 6.61 Å². The number of aliphatic hydroxyl groups is 1. The van der Waals surface area contributed by atoms with Gasteiger partial charge >= 0.3 is 0 Å². The van der Waals surface area contributed by atoms with E-state index in [1.807, 2.05) is 0 Å². The summed E-state index contributed by atoms with van der Waals surface area (Å²) in [6.07, 6.45) is -0.626. The highest BCUT2D eigenvalue weighted by Gasteiger charge is 2.25. The number of hydrogen-bond donors (Lipinski definition) is 2. The fourth-order valence-corrected chi connectivity index (χ4v) is 2.49. The molecule has 0 bridgehead atoms. The molecule has 0 saturated carbocycles. The monoisotopic (exact) mass is 257 g/mol. The van der Waals surface area contributed by atoms with Crippen molar-refractivity contribution in [2.24, 2.45) is 5.73 Å². The first-order valence-corrected chi connectivity index (χ1v) is 6.54. The van der Waals surface area contributed by atoms with Crippen LogP contribution in [0.3, 0.4) is 0 Å². The molecular weight excluding hydrogens is 242 g/mol. The number of ether oxygens (including phenoxy) is 1. The van der Waals surface area contributed by atoms with Crippen molar-refractivity contribution < 1.29 is 18.3 Å². The van der Waals surface area contributed by atoms with Crippen LogP contribution in [0.2, 0.25) is 0 Å². The van der Waals surface area contributed by atoms with Gasteiger partial charge in [-0.05, 0) is 19.1 Å². The summed E-state index contributed by atoms with van der Waals surface area (Å²) in [4.78, 5) is -0.291. The van der Waals surface area contributed by atoms with Gasteiger partial charge in [0.05, 0.1) is 11.5 Å². The summed E-state index contributed by atoms with van der Waals surface area (Å²) in [6, 6.07) is 7.74. The largest absolute Gasteiger partial charge is 0.500 e. The number of sulfone groups is 1. The summed E-state index contributed by atoms with van der Waals surface area (Å²) in [6.45, 7) is 1.99. The standard InChI is InChI=1S/C11H15NO4S/c1-2-16-8-10(11(12)13)17(14,15)9-6-4-3-5-7-9/h3-8,11,13H,2,12H2,1H3/b10-8+/t11-/m1/s1. The third kappa shape index (κ3) is 3.29. The molecule has 0 amide bonds. The molecule has 0 saturated heterocycles. The first kappa shape index (κ1) is 13.7. The molecule has 0 aromatic heterocycles. The molecular formula is C11H15NO4S. The van der Waals surface area contributed by atoms with Gasteiger partial charge in [-0.3, -0.25) is 0 Å². The summed E-state index contributed by atoms with van der Waals surface area (Å²) >= 11 is 0. The predicted molar refractivity (Wildman–Crippen MR) is 63.5 cm³/mol. The van der Waals surface area contributed by atoms with Crippen LogP contribution in [0.1, 0.15) is 6.92 Å². The van der Waals surface area contributed by atoms with Crippen LogP contribution >= 0.6 is 0 Å². The van der Waals surface area contributed by atoms with E-state index in [1.165, 1.54) is 12.1 Å². The first-order chi connectivity index (χ1) is 8.00. The van der Waals surface area contributed by atoms with Crippen LogP contribution in [0, 0.1) is 0 Å². The van der Waals surface area contributed by atoms with E-state index in [-0.39, 0.29) is 9.80 Å². The van der Waals surface area contributed by atoms with Gasteiger partial charge < -0.3 is 15.6 Å². The highest BCUT2D eigenvalue weighted by molar-refractivity contribution is 7.95. The summed E-state index contributed by atoms with van der Waals surface area (Å²) in [7, 11) is -3.81. The highest BCUT2D eigenvalue weighted by atomic mass is 32.2. The maximum absolute atomic E-state index is 12.1. The van der Waals surface area contributed by atoms with Crippen LogP contribution in [-0.2, 0) is 14.6 Å². The quantitative estimate of drug-likeness (QED) is 0.596. The van der Waals surface area contributed by atoms with Gasteiger partial charge in [-0.25, -0.2) is 8.42 Å². The molecule has 17 heavy (non-hydrogen) atoms. The Morgan fingerprint density at radius 2 is 2.06 bits per heavy atom. The Hall–Kier alpha value is -1.37. The summed E-state index contributed by atoms with van der Waals surface area (Å²) < 4.78 is 29.1. The first-order valence-electron chi connectivity index (χ1n) is 5.05. The lowest BCUT2D eigenvalue weighted by molar-refractivity contribution is 0.211. The second-order valence-electron chi connectivity index (χ2n) is 3.24. The summed E-state index contributed by atoms with van der Waals surface area (Å²) in [5.74, 6) is 0. The Labute approximate surface area is 100 Å². The van der Waals surface area contributed by atoms with Crippen molar-refractivity contribution in [1.29, 1.82) is 0 Å². The maximum Gasteiger partial charge on any atom is 0.209 e. The van der Waals surface area contributed by atoms with Crippen molar-refractivity contribution in [3.05, 3.63) is 41.5 Å². The minimum absolute atomic E-state index is 0.0652. The van der Waals surface area contributed by atoms with E-state index in [0.717, 1.165) is 6.26 Å². The third-order valence-electron chi connectivity index (χ3n) is 2.02. The average molecular weight is 257 g/mol. The van der Waals surface area contributed by atoms with Crippen LogP contribution in [0.4, 0.5) is 0 Å². The Kier molecular flexibility index (Phi) is 4.68. The predicted octanol–water partition coefficient (Wildman–Crippen LogP) is 0.615. The van der Waals surface area contributed by atoms with E-state index in [4.69, 9.17) is 10.5 Å². The number of benzene rings is 1. The number of rotatable bonds is 5. The van der Waals surface area contributed by atoms with Crippen LogP contribution in [-0.4, -0.2) is 26.4 Å². The second kappa shape index (κ2) is 5.81. The Bertz CT molecular complexity index is 479. The van der Waals surface area contributed by atoms with Gasteiger partial charge in [-0.15, -0.1) is 0 Å². The topological polar surface area (TPSA) is 89.6 Å². The van der Waals surface area contributed by atoms with Crippen molar-refractivity contribution in [3.63, 3.8) is 0 Å². The lowest BCUT2D eigenvalue weighted by Crippen LogP contribution is -2.27. The van der Waals surface area contributed by atoms with Gasteiger partial charge in [0.1, 0.15) is 17.4 Å². The molecule has 0 spiro atoms. The molecule has 0 radical (unpaired) electrons. The number of hydrogen-bond acceptors (Lipinski definition) is 5. The van der Waals surface area contributed by atoms with Crippen LogP contribution < -0.4 is 5.73 Å². The van der Waals surface area contributed by atoms with E-state index >= 15 is 0 Å². The molecule has 0 aliphatic rings. The fraction of sp³-hybridized carbons (Fsp3) is 0.273. The molecule has 6 heteroatoms. The summed E-state index contributed by atoms with van der Waals surface area (Å²) in [5, 5.41) is 9.29. The molecule has 0 unspecified atom stereocenters. The van der Waals surface area contributed by atoms with Gasteiger partial charge in [-0.1, -0.05) is 18.2 Å². The highest BCUT2D eigenvalue weighted by Crippen LogP contribution is 2.20. The Morgan fingerprint density at radius 3 is 2.53 bits per heavy atom. The average Bonchev–Trinajstić information content (AvgIpc) is 2.30. The normalized spacial score (nSPS) is 14.4. The lowest BCUT2D eigenvalue weighted by Gasteiger charge is -2.11. The molecule has 0 fully saturated rings. The van der Waals surface area contributed by atoms with E-state index in [2.05, 4.69) is 0 Å². The molecule has 5 nitrogen and oxygen atoms in total. The van der Waals surface area contributed by atoms with Crippen LogP contribution in [0.5, 0.6) is 0 Å². The van der Waals surface area contributed by atoms with Gasteiger partial charge in [0.25, 0.3) is 0 Å². The third-order valence-corrected chi connectivity index (χ3v) is 3.87. The molecule has 1 rings (SSSR count). The Balaban J connectivity index is 3.19. The SMILES string of the molecule is CCO/C=C(\[C@H](N)O)S(=O)(=O)c1ccccc1. The van der Waals surface area contributed by atoms with Crippen molar-refractivity contribution in [3.8, 4) is 0 Å². The molecule has 1 atom stereocenters.